The predicted octanol–water partition coefficient (Wildman–Crippen LogP) is 2.01. The zero-order valence-corrected chi connectivity index (χ0v) is 8.80. The Morgan fingerprint density at radius 2 is 2.29 bits per heavy atom. The maximum Gasteiger partial charge on any atom is 0.307 e. The van der Waals surface area contributed by atoms with Crippen LogP contribution in [0.4, 0.5) is 5.69 Å². The third-order valence-electron chi connectivity index (χ3n) is 1.77. The monoisotopic (exact) mass is 211 g/mol. The molecule has 0 radical (unpaired) electrons. The molecule has 1 aromatic carbocycles. The number of carboxylic acids is 1. The SMILES string of the molecule is CCSc1ccc(N)c(CC(=O)O)c1. The number of carbonyl (C=O) groups is 1. The second-order valence-corrected chi connectivity index (χ2v) is 4.20. The van der Waals surface area contributed by atoms with E-state index in [1.807, 2.05) is 12.1 Å². The van der Waals surface area contributed by atoms with Crippen molar-refractivity contribution in [3.63, 3.8) is 0 Å². The maximum atomic E-state index is 10.5. The predicted molar refractivity (Wildman–Crippen MR) is 58.6 cm³/mol. The largest absolute Gasteiger partial charge is 0.481 e. The summed E-state index contributed by atoms with van der Waals surface area (Å²) in [5, 5.41) is 8.65. The summed E-state index contributed by atoms with van der Waals surface area (Å²) in [5.74, 6) is 0.117. The summed E-state index contributed by atoms with van der Waals surface area (Å²) in [6.07, 6.45) is -0.00997. The van der Waals surface area contributed by atoms with Gasteiger partial charge in [-0.3, -0.25) is 4.79 Å². The van der Waals surface area contributed by atoms with Gasteiger partial charge in [0.05, 0.1) is 6.42 Å². The van der Waals surface area contributed by atoms with Gasteiger partial charge in [-0.05, 0) is 29.5 Å². The van der Waals surface area contributed by atoms with Gasteiger partial charge >= 0.3 is 5.97 Å². The minimum atomic E-state index is -0.852. The van der Waals surface area contributed by atoms with Crippen molar-refractivity contribution in [2.45, 2.75) is 18.2 Å². The Hall–Kier alpha value is -1.16. The highest BCUT2D eigenvalue weighted by molar-refractivity contribution is 7.99. The van der Waals surface area contributed by atoms with E-state index in [-0.39, 0.29) is 6.42 Å². The molecule has 3 N–H and O–H groups in total. The molecule has 0 aliphatic heterocycles. The van der Waals surface area contributed by atoms with E-state index < -0.39 is 5.97 Å². The molecule has 0 aromatic heterocycles. The van der Waals surface area contributed by atoms with Crippen molar-refractivity contribution in [3.8, 4) is 0 Å². The van der Waals surface area contributed by atoms with E-state index in [1.54, 1.807) is 17.8 Å². The van der Waals surface area contributed by atoms with E-state index in [0.29, 0.717) is 11.3 Å². The van der Waals surface area contributed by atoms with E-state index in [2.05, 4.69) is 6.92 Å². The highest BCUT2D eigenvalue weighted by atomic mass is 32.2. The Morgan fingerprint density at radius 3 is 2.86 bits per heavy atom. The first-order valence-corrected chi connectivity index (χ1v) is 5.35. The molecule has 0 spiro atoms. The molecule has 0 saturated heterocycles. The fraction of sp³-hybridized carbons (Fsp3) is 0.300. The normalized spacial score (nSPS) is 10.1. The molecule has 1 aromatic rings. The second kappa shape index (κ2) is 4.91. The minimum absolute atomic E-state index is 0.00997. The van der Waals surface area contributed by atoms with Crippen LogP contribution in [0.3, 0.4) is 0 Å². The molecule has 0 atom stereocenters. The number of aliphatic carboxylic acids is 1. The molecule has 0 aliphatic rings. The summed E-state index contributed by atoms with van der Waals surface area (Å²) < 4.78 is 0. The summed E-state index contributed by atoms with van der Waals surface area (Å²) in [6.45, 7) is 2.05. The van der Waals surface area contributed by atoms with Crippen LogP contribution >= 0.6 is 11.8 Å². The molecular formula is C10H13NO2S. The zero-order valence-electron chi connectivity index (χ0n) is 7.99. The molecule has 1 rings (SSSR count). The lowest BCUT2D eigenvalue weighted by molar-refractivity contribution is -0.136. The van der Waals surface area contributed by atoms with Crippen LogP contribution in [0.2, 0.25) is 0 Å². The first-order chi connectivity index (χ1) is 6.63. The second-order valence-electron chi connectivity index (χ2n) is 2.86. The summed E-state index contributed by atoms with van der Waals surface area (Å²) in [7, 11) is 0. The van der Waals surface area contributed by atoms with Crippen LogP contribution in [-0.4, -0.2) is 16.8 Å². The third kappa shape index (κ3) is 2.96. The van der Waals surface area contributed by atoms with E-state index in [1.165, 1.54) is 0 Å². The molecule has 0 amide bonds. The number of hydrogen-bond donors (Lipinski definition) is 2. The van der Waals surface area contributed by atoms with Crippen LogP contribution in [0.1, 0.15) is 12.5 Å². The lowest BCUT2D eigenvalue weighted by Crippen LogP contribution is -2.03. The van der Waals surface area contributed by atoms with Gasteiger partial charge < -0.3 is 10.8 Å². The molecule has 0 unspecified atom stereocenters. The molecule has 4 heteroatoms. The molecule has 0 bridgehead atoms. The van der Waals surface area contributed by atoms with Crippen LogP contribution in [0, 0.1) is 0 Å². The average Bonchev–Trinajstić information content (AvgIpc) is 2.10. The molecule has 0 fully saturated rings. The molecule has 0 aliphatic carbocycles. The third-order valence-corrected chi connectivity index (χ3v) is 2.64. The Labute approximate surface area is 87.3 Å². The van der Waals surface area contributed by atoms with Crippen molar-refractivity contribution in [2.75, 3.05) is 11.5 Å². The van der Waals surface area contributed by atoms with Crippen molar-refractivity contribution >= 4 is 23.4 Å². The molecular weight excluding hydrogens is 198 g/mol. The Morgan fingerprint density at radius 1 is 1.57 bits per heavy atom. The number of anilines is 1. The van der Waals surface area contributed by atoms with E-state index in [0.717, 1.165) is 10.6 Å². The summed E-state index contributed by atoms with van der Waals surface area (Å²) >= 11 is 1.68. The zero-order chi connectivity index (χ0) is 10.6. The van der Waals surface area contributed by atoms with Gasteiger partial charge in [-0.1, -0.05) is 6.92 Å². The average molecular weight is 211 g/mol. The van der Waals surface area contributed by atoms with Gasteiger partial charge in [0, 0.05) is 10.6 Å². The Balaban J connectivity index is 2.90. The van der Waals surface area contributed by atoms with Gasteiger partial charge in [-0.25, -0.2) is 0 Å². The van der Waals surface area contributed by atoms with Gasteiger partial charge in [0.1, 0.15) is 0 Å². The number of rotatable bonds is 4. The van der Waals surface area contributed by atoms with Gasteiger partial charge in [0.2, 0.25) is 0 Å². The van der Waals surface area contributed by atoms with Crippen LogP contribution in [-0.2, 0) is 11.2 Å². The summed E-state index contributed by atoms with van der Waals surface area (Å²) in [4.78, 5) is 11.6. The van der Waals surface area contributed by atoms with Gasteiger partial charge in [0.25, 0.3) is 0 Å². The Kier molecular flexibility index (Phi) is 3.83. The molecule has 0 heterocycles. The van der Waals surface area contributed by atoms with Crippen molar-refractivity contribution in [3.05, 3.63) is 23.8 Å². The van der Waals surface area contributed by atoms with E-state index in [4.69, 9.17) is 10.8 Å². The van der Waals surface area contributed by atoms with Gasteiger partial charge in [0.15, 0.2) is 0 Å². The molecule has 76 valence electrons. The smallest absolute Gasteiger partial charge is 0.307 e. The highest BCUT2D eigenvalue weighted by Gasteiger charge is 2.05. The van der Waals surface area contributed by atoms with Crippen LogP contribution < -0.4 is 5.73 Å². The standard InChI is InChI=1S/C10H13NO2S/c1-2-14-8-3-4-9(11)7(5-8)6-10(12)13/h3-5H,2,6,11H2,1H3,(H,12,13). The maximum absolute atomic E-state index is 10.5. The summed E-state index contributed by atoms with van der Waals surface area (Å²) in [5.41, 5.74) is 6.90. The summed E-state index contributed by atoms with van der Waals surface area (Å²) in [6, 6.07) is 5.52. The van der Waals surface area contributed by atoms with Gasteiger partial charge in [-0.15, -0.1) is 11.8 Å². The number of hydrogen-bond acceptors (Lipinski definition) is 3. The van der Waals surface area contributed by atoms with Crippen LogP contribution in [0.25, 0.3) is 0 Å². The van der Waals surface area contributed by atoms with Crippen LogP contribution in [0.15, 0.2) is 23.1 Å². The van der Waals surface area contributed by atoms with Crippen molar-refractivity contribution < 1.29 is 9.90 Å². The van der Waals surface area contributed by atoms with E-state index in [9.17, 15) is 4.79 Å². The number of benzene rings is 1. The lowest BCUT2D eigenvalue weighted by atomic mass is 10.1. The Bertz CT molecular complexity index is 339. The lowest BCUT2D eigenvalue weighted by Gasteiger charge is -2.05. The van der Waals surface area contributed by atoms with Crippen molar-refractivity contribution in [1.29, 1.82) is 0 Å². The number of thioether (sulfide) groups is 1. The fourth-order valence-electron chi connectivity index (χ4n) is 1.15. The number of nitrogen functional groups attached to an aromatic ring is 1. The van der Waals surface area contributed by atoms with Crippen LogP contribution in [0.5, 0.6) is 0 Å². The van der Waals surface area contributed by atoms with Gasteiger partial charge in [-0.2, -0.15) is 0 Å². The molecule has 14 heavy (non-hydrogen) atoms. The number of nitrogens with two attached hydrogens (primary N) is 1. The quantitative estimate of drug-likeness (QED) is 0.590. The fourth-order valence-corrected chi connectivity index (χ4v) is 1.88. The molecule has 3 nitrogen and oxygen atoms in total. The minimum Gasteiger partial charge on any atom is -0.481 e. The topological polar surface area (TPSA) is 63.3 Å². The highest BCUT2D eigenvalue weighted by Crippen LogP contribution is 2.22. The molecule has 0 saturated carbocycles. The first kappa shape index (κ1) is 10.9. The van der Waals surface area contributed by atoms with Crippen molar-refractivity contribution in [2.24, 2.45) is 0 Å². The van der Waals surface area contributed by atoms with Crippen molar-refractivity contribution in [1.82, 2.24) is 0 Å². The number of carboxylic acid groups (broad SMARTS) is 1. The first-order valence-electron chi connectivity index (χ1n) is 4.36. The van der Waals surface area contributed by atoms with E-state index >= 15 is 0 Å².